The fraction of sp³-hybridized carbons (Fsp3) is 0.176. The highest BCUT2D eigenvalue weighted by Crippen LogP contribution is 2.33. The van der Waals surface area contributed by atoms with Crippen molar-refractivity contribution in [1.29, 1.82) is 0 Å². The summed E-state index contributed by atoms with van der Waals surface area (Å²) in [4.78, 5) is -0.218. The third-order valence-corrected chi connectivity index (χ3v) is 5.22. The molecule has 1 heterocycles. The first kappa shape index (κ1) is 20.0. The van der Waals surface area contributed by atoms with Crippen molar-refractivity contribution in [2.45, 2.75) is 18.0 Å². The molecule has 0 saturated heterocycles. The van der Waals surface area contributed by atoms with Crippen LogP contribution in [-0.4, -0.2) is 25.2 Å². The molecule has 0 bridgehead atoms. The van der Waals surface area contributed by atoms with E-state index in [-0.39, 0.29) is 34.3 Å². The van der Waals surface area contributed by atoms with Crippen molar-refractivity contribution < 1.29 is 30.4 Å². The molecular formula is C17H13F4N3O3S. The zero-order chi connectivity index (χ0) is 20.5. The molecule has 0 unspecified atom stereocenters. The molecule has 3 rings (SSSR count). The number of alkyl halides is 3. The molecule has 0 spiro atoms. The minimum atomic E-state index is -4.56. The van der Waals surface area contributed by atoms with Gasteiger partial charge in [-0.3, -0.25) is 0 Å². The molecular weight excluding hydrogens is 402 g/mol. The number of hydrogen-bond acceptors (Lipinski definition) is 5. The molecule has 0 aliphatic rings. The predicted molar refractivity (Wildman–Crippen MR) is 91.0 cm³/mol. The lowest BCUT2D eigenvalue weighted by Crippen LogP contribution is -2.23. The fourth-order valence-electron chi connectivity index (χ4n) is 2.39. The van der Waals surface area contributed by atoms with Crippen molar-refractivity contribution in [1.82, 2.24) is 14.9 Å². The molecule has 0 saturated carbocycles. The van der Waals surface area contributed by atoms with E-state index in [1.165, 1.54) is 12.1 Å². The molecule has 0 fully saturated rings. The van der Waals surface area contributed by atoms with Gasteiger partial charge in [0.05, 0.1) is 16.0 Å². The van der Waals surface area contributed by atoms with Crippen LogP contribution in [0.2, 0.25) is 0 Å². The van der Waals surface area contributed by atoms with E-state index in [2.05, 4.69) is 14.9 Å². The maximum atomic E-state index is 14.2. The Morgan fingerprint density at radius 2 is 1.79 bits per heavy atom. The van der Waals surface area contributed by atoms with E-state index in [0.717, 1.165) is 30.3 Å². The minimum absolute atomic E-state index is 0.00888. The van der Waals surface area contributed by atoms with Crippen molar-refractivity contribution in [2.75, 3.05) is 6.54 Å². The number of halogens is 4. The first-order chi connectivity index (χ1) is 13.1. The van der Waals surface area contributed by atoms with Gasteiger partial charge in [-0.05, 0) is 36.4 Å². The summed E-state index contributed by atoms with van der Waals surface area (Å²) in [6.45, 7) is 1.72. The summed E-state index contributed by atoms with van der Waals surface area (Å²) < 4.78 is 84.4. The largest absolute Gasteiger partial charge is 0.416 e. The topological polar surface area (TPSA) is 85.1 Å². The van der Waals surface area contributed by atoms with Crippen molar-refractivity contribution in [3.05, 3.63) is 53.8 Å². The Hall–Kier alpha value is -2.79. The third kappa shape index (κ3) is 4.04. The summed E-state index contributed by atoms with van der Waals surface area (Å²) in [5.74, 6) is -1.45. The Morgan fingerprint density at radius 3 is 2.46 bits per heavy atom. The number of sulfonamides is 1. The quantitative estimate of drug-likeness (QED) is 0.640. The van der Waals surface area contributed by atoms with Crippen LogP contribution < -0.4 is 4.72 Å². The van der Waals surface area contributed by atoms with Gasteiger partial charge < -0.3 is 4.42 Å². The highest BCUT2D eigenvalue weighted by Gasteiger charge is 2.31. The minimum Gasteiger partial charge on any atom is -0.416 e. The summed E-state index contributed by atoms with van der Waals surface area (Å²) in [6.07, 6.45) is -4.56. The van der Waals surface area contributed by atoms with Gasteiger partial charge in [-0.25, -0.2) is 17.5 Å². The Kier molecular flexibility index (Phi) is 5.22. The van der Waals surface area contributed by atoms with Crippen LogP contribution in [0.3, 0.4) is 0 Å². The maximum Gasteiger partial charge on any atom is 0.416 e. The molecule has 0 atom stereocenters. The van der Waals surface area contributed by atoms with Crippen LogP contribution in [0.1, 0.15) is 12.5 Å². The second-order valence-corrected chi connectivity index (χ2v) is 7.40. The van der Waals surface area contributed by atoms with Gasteiger partial charge in [0.15, 0.2) is 0 Å². The number of rotatable bonds is 5. The lowest BCUT2D eigenvalue weighted by molar-refractivity contribution is -0.137. The number of hydrogen-bond donors (Lipinski definition) is 1. The van der Waals surface area contributed by atoms with Crippen LogP contribution in [0.5, 0.6) is 0 Å². The van der Waals surface area contributed by atoms with E-state index in [1.807, 2.05) is 0 Å². The van der Waals surface area contributed by atoms with Gasteiger partial charge in [-0.1, -0.05) is 13.0 Å². The van der Waals surface area contributed by atoms with Crippen molar-refractivity contribution in [3.63, 3.8) is 0 Å². The van der Waals surface area contributed by atoms with Crippen LogP contribution in [0.25, 0.3) is 22.9 Å². The standard InChI is InChI=1S/C17H13F4N3O3S/c1-2-22-28(25,26)12-6-7-14(18)13(9-12)16-24-23-15(27-16)10-4-3-5-11(8-10)17(19,20)21/h3-9,22H,2H2,1H3. The molecule has 1 aromatic heterocycles. The van der Waals surface area contributed by atoms with Gasteiger partial charge in [-0.15, -0.1) is 10.2 Å². The van der Waals surface area contributed by atoms with E-state index in [1.54, 1.807) is 6.92 Å². The molecule has 1 N–H and O–H groups in total. The number of nitrogens with one attached hydrogen (secondary N) is 1. The Labute approximate surface area is 157 Å². The molecule has 0 aliphatic heterocycles. The molecule has 148 valence electrons. The summed E-state index contributed by atoms with van der Waals surface area (Å²) in [5.41, 5.74) is -1.20. The van der Waals surface area contributed by atoms with E-state index < -0.39 is 27.6 Å². The first-order valence-corrected chi connectivity index (χ1v) is 9.41. The van der Waals surface area contributed by atoms with Crippen molar-refractivity contribution in [2.24, 2.45) is 0 Å². The van der Waals surface area contributed by atoms with Crippen LogP contribution in [-0.2, 0) is 16.2 Å². The zero-order valence-corrected chi connectivity index (χ0v) is 15.1. The third-order valence-electron chi connectivity index (χ3n) is 3.67. The zero-order valence-electron chi connectivity index (χ0n) is 14.3. The Bertz CT molecular complexity index is 1110. The van der Waals surface area contributed by atoms with Crippen molar-refractivity contribution >= 4 is 10.0 Å². The van der Waals surface area contributed by atoms with E-state index >= 15 is 0 Å². The number of aromatic nitrogens is 2. The lowest BCUT2D eigenvalue weighted by atomic mass is 10.1. The van der Waals surface area contributed by atoms with Gasteiger partial charge >= 0.3 is 6.18 Å². The van der Waals surface area contributed by atoms with Crippen LogP contribution >= 0.6 is 0 Å². The van der Waals surface area contributed by atoms with Gasteiger partial charge in [-0.2, -0.15) is 13.2 Å². The fourth-order valence-corrected chi connectivity index (χ4v) is 3.45. The predicted octanol–water partition coefficient (Wildman–Crippen LogP) is 3.86. The first-order valence-electron chi connectivity index (χ1n) is 7.92. The lowest BCUT2D eigenvalue weighted by Gasteiger charge is -2.07. The van der Waals surface area contributed by atoms with E-state index in [0.29, 0.717) is 0 Å². The van der Waals surface area contributed by atoms with Gasteiger partial charge in [0.25, 0.3) is 5.89 Å². The molecule has 0 aliphatic carbocycles. The normalized spacial score (nSPS) is 12.3. The molecule has 3 aromatic rings. The molecule has 11 heteroatoms. The van der Waals surface area contributed by atoms with Gasteiger partial charge in [0, 0.05) is 12.1 Å². The van der Waals surface area contributed by atoms with Gasteiger partial charge in [0.1, 0.15) is 5.82 Å². The molecule has 28 heavy (non-hydrogen) atoms. The second-order valence-electron chi connectivity index (χ2n) is 5.63. The van der Waals surface area contributed by atoms with Crippen molar-refractivity contribution in [3.8, 4) is 22.9 Å². The molecule has 2 aromatic carbocycles. The average molecular weight is 415 g/mol. The molecule has 0 amide bonds. The Balaban J connectivity index is 2.01. The molecule has 0 radical (unpaired) electrons. The SMILES string of the molecule is CCNS(=O)(=O)c1ccc(F)c(-c2nnc(-c3cccc(C(F)(F)F)c3)o2)c1. The maximum absolute atomic E-state index is 14.2. The summed E-state index contributed by atoms with van der Waals surface area (Å²) in [6, 6.07) is 7.21. The van der Waals surface area contributed by atoms with Crippen LogP contribution in [0, 0.1) is 5.82 Å². The highest BCUT2D eigenvalue weighted by atomic mass is 32.2. The smallest absolute Gasteiger partial charge is 0.416 e. The second kappa shape index (κ2) is 7.32. The summed E-state index contributed by atoms with van der Waals surface area (Å²) in [5, 5.41) is 7.27. The monoisotopic (exact) mass is 415 g/mol. The van der Waals surface area contributed by atoms with Crippen LogP contribution in [0.4, 0.5) is 17.6 Å². The van der Waals surface area contributed by atoms with E-state index in [4.69, 9.17) is 4.42 Å². The summed E-state index contributed by atoms with van der Waals surface area (Å²) >= 11 is 0. The Morgan fingerprint density at radius 1 is 1.07 bits per heavy atom. The number of nitrogens with zero attached hydrogens (tertiary/aromatic N) is 2. The average Bonchev–Trinajstić information content (AvgIpc) is 3.11. The number of benzene rings is 2. The van der Waals surface area contributed by atoms with Crippen LogP contribution in [0.15, 0.2) is 51.8 Å². The highest BCUT2D eigenvalue weighted by molar-refractivity contribution is 7.89. The van der Waals surface area contributed by atoms with E-state index in [9.17, 15) is 26.0 Å². The van der Waals surface area contributed by atoms with Gasteiger partial charge in [0.2, 0.25) is 15.9 Å². The molecule has 6 nitrogen and oxygen atoms in total. The summed E-state index contributed by atoms with van der Waals surface area (Å²) in [7, 11) is -3.86.